The predicted molar refractivity (Wildman–Crippen MR) is 72.2 cm³/mol. The van der Waals surface area contributed by atoms with E-state index in [0.717, 1.165) is 28.2 Å². The minimum Gasteiger partial charge on any atom is -0.469 e. The smallest absolute Gasteiger partial charge is 0.106 e. The highest BCUT2D eigenvalue weighted by Gasteiger charge is 2.07. The Morgan fingerprint density at radius 1 is 1.41 bits per heavy atom. The van der Waals surface area contributed by atoms with Gasteiger partial charge in [0.2, 0.25) is 0 Å². The van der Waals surface area contributed by atoms with Crippen LogP contribution in [0, 0.1) is 6.92 Å². The average Bonchev–Trinajstić information content (AvgIpc) is 2.75. The number of hydrogen-bond acceptors (Lipinski definition) is 3. The molecule has 0 aliphatic heterocycles. The van der Waals surface area contributed by atoms with Gasteiger partial charge in [-0.05, 0) is 54.0 Å². The van der Waals surface area contributed by atoms with Gasteiger partial charge >= 0.3 is 0 Å². The molecule has 0 fully saturated rings. The van der Waals surface area contributed by atoms with Gasteiger partial charge in [-0.25, -0.2) is 4.98 Å². The molecular formula is C13H15BrN2O. The molecule has 90 valence electrons. The second kappa shape index (κ2) is 5.36. The number of anilines is 1. The predicted octanol–water partition coefficient (Wildman–Crippen LogP) is 3.79. The summed E-state index contributed by atoms with van der Waals surface area (Å²) in [7, 11) is 0. The lowest BCUT2D eigenvalue weighted by Gasteiger charge is -2.15. The Balaban J connectivity index is 2.00. The van der Waals surface area contributed by atoms with E-state index in [1.54, 1.807) is 6.26 Å². The Morgan fingerprint density at radius 3 is 2.88 bits per heavy atom. The Bertz CT molecular complexity index is 482. The van der Waals surface area contributed by atoms with Crippen LogP contribution in [0.4, 0.5) is 5.69 Å². The summed E-state index contributed by atoms with van der Waals surface area (Å²) in [5, 5.41) is 3.43. The van der Waals surface area contributed by atoms with E-state index in [4.69, 9.17) is 4.42 Å². The largest absolute Gasteiger partial charge is 0.469 e. The van der Waals surface area contributed by atoms with Crippen molar-refractivity contribution < 1.29 is 4.42 Å². The van der Waals surface area contributed by atoms with E-state index < -0.39 is 0 Å². The Labute approximate surface area is 109 Å². The minimum absolute atomic E-state index is 0.308. The average molecular weight is 295 g/mol. The SMILES string of the molecule is Cc1nc(Br)ccc1NC(C)Cc1ccco1. The van der Waals surface area contributed by atoms with E-state index in [1.165, 1.54) is 0 Å². The number of aromatic nitrogens is 1. The van der Waals surface area contributed by atoms with Gasteiger partial charge in [0.15, 0.2) is 0 Å². The maximum Gasteiger partial charge on any atom is 0.106 e. The van der Waals surface area contributed by atoms with Gasteiger partial charge in [-0.3, -0.25) is 0 Å². The first kappa shape index (κ1) is 12.2. The second-order valence-corrected chi connectivity index (χ2v) is 4.91. The number of halogens is 1. The fraction of sp³-hybridized carbons (Fsp3) is 0.308. The van der Waals surface area contributed by atoms with Crippen molar-refractivity contribution in [1.29, 1.82) is 0 Å². The van der Waals surface area contributed by atoms with Crippen molar-refractivity contribution in [3.63, 3.8) is 0 Å². The van der Waals surface area contributed by atoms with Crippen LogP contribution in [0.25, 0.3) is 0 Å². The Hall–Kier alpha value is -1.29. The lowest BCUT2D eigenvalue weighted by molar-refractivity contribution is 0.497. The third kappa shape index (κ3) is 3.33. The van der Waals surface area contributed by atoms with E-state index in [1.807, 2.05) is 31.2 Å². The molecule has 0 aliphatic carbocycles. The molecule has 0 spiro atoms. The normalized spacial score (nSPS) is 12.4. The lowest BCUT2D eigenvalue weighted by Crippen LogP contribution is -2.18. The maximum atomic E-state index is 5.33. The van der Waals surface area contributed by atoms with Gasteiger partial charge in [0.05, 0.1) is 17.6 Å². The van der Waals surface area contributed by atoms with E-state index in [9.17, 15) is 0 Å². The van der Waals surface area contributed by atoms with E-state index in [-0.39, 0.29) is 0 Å². The first-order valence-corrected chi connectivity index (χ1v) is 6.36. The molecule has 0 radical (unpaired) electrons. The first-order valence-electron chi connectivity index (χ1n) is 5.57. The molecule has 0 amide bonds. The van der Waals surface area contributed by atoms with Crippen molar-refractivity contribution in [3.05, 3.63) is 46.6 Å². The third-order valence-corrected chi connectivity index (χ3v) is 2.98. The molecule has 0 aliphatic rings. The molecule has 0 aromatic carbocycles. The quantitative estimate of drug-likeness (QED) is 0.872. The molecule has 1 N–H and O–H groups in total. The highest BCUT2D eigenvalue weighted by Crippen LogP contribution is 2.18. The molecule has 0 saturated carbocycles. The molecule has 2 aromatic heterocycles. The number of nitrogens with one attached hydrogen (secondary N) is 1. The van der Waals surface area contributed by atoms with Crippen molar-refractivity contribution in [2.24, 2.45) is 0 Å². The zero-order chi connectivity index (χ0) is 12.3. The van der Waals surface area contributed by atoms with Gasteiger partial charge < -0.3 is 9.73 Å². The fourth-order valence-corrected chi connectivity index (χ4v) is 2.13. The number of rotatable bonds is 4. The van der Waals surface area contributed by atoms with Crippen LogP contribution in [0.2, 0.25) is 0 Å². The van der Waals surface area contributed by atoms with Crippen LogP contribution in [0.15, 0.2) is 39.5 Å². The molecule has 0 saturated heterocycles. The Morgan fingerprint density at radius 2 is 2.24 bits per heavy atom. The summed E-state index contributed by atoms with van der Waals surface area (Å²) >= 11 is 3.36. The zero-order valence-electron chi connectivity index (χ0n) is 9.90. The van der Waals surface area contributed by atoms with Crippen molar-refractivity contribution in [2.45, 2.75) is 26.3 Å². The maximum absolute atomic E-state index is 5.33. The van der Waals surface area contributed by atoms with Gasteiger partial charge in [-0.15, -0.1) is 0 Å². The molecule has 1 unspecified atom stereocenters. The van der Waals surface area contributed by atoms with E-state index in [2.05, 4.69) is 33.2 Å². The molecule has 4 heteroatoms. The molecular weight excluding hydrogens is 280 g/mol. The van der Waals surface area contributed by atoms with Crippen LogP contribution < -0.4 is 5.32 Å². The topological polar surface area (TPSA) is 38.1 Å². The van der Waals surface area contributed by atoms with Gasteiger partial charge in [-0.1, -0.05) is 0 Å². The summed E-state index contributed by atoms with van der Waals surface area (Å²) in [4.78, 5) is 4.35. The van der Waals surface area contributed by atoms with Gasteiger partial charge in [0, 0.05) is 12.5 Å². The van der Waals surface area contributed by atoms with Gasteiger partial charge in [0.25, 0.3) is 0 Å². The summed E-state index contributed by atoms with van der Waals surface area (Å²) in [5.74, 6) is 0.993. The van der Waals surface area contributed by atoms with E-state index >= 15 is 0 Å². The molecule has 17 heavy (non-hydrogen) atoms. The van der Waals surface area contributed by atoms with Crippen molar-refractivity contribution in [1.82, 2.24) is 4.98 Å². The van der Waals surface area contributed by atoms with Crippen LogP contribution in [0.5, 0.6) is 0 Å². The van der Waals surface area contributed by atoms with Crippen LogP contribution in [0.3, 0.4) is 0 Å². The number of aryl methyl sites for hydroxylation is 1. The molecule has 1 atom stereocenters. The summed E-state index contributed by atoms with van der Waals surface area (Å²) in [6, 6.07) is 8.18. The van der Waals surface area contributed by atoms with E-state index in [0.29, 0.717) is 6.04 Å². The molecule has 3 nitrogen and oxygen atoms in total. The number of furan rings is 1. The van der Waals surface area contributed by atoms with Crippen LogP contribution in [-0.2, 0) is 6.42 Å². The van der Waals surface area contributed by atoms with Crippen LogP contribution in [-0.4, -0.2) is 11.0 Å². The standard InChI is InChI=1S/C13H15BrN2O/c1-9(8-11-4-3-7-17-11)15-12-5-6-13(14)16-10(12)2/h3-7,9,15H,8H2,1-2H3. The van der Waals surface area contributed by atoms with Crippen LogP contribution in [0.1, 0.15) is 18.4 Å². The van der Waals surface area contributed by atoms with Crippen molar-refractivity contribution in [3.8, 4) is 0 Å². The van der Waals surface area contributed by atoms with Crippen LogP contribution >= 0.6 is 15.9 Å². The molecule has 2 aromatic rings. The third-order valence-electron chi connectivity index (χ3n) is 2.54. The second-order valence-electron chi connectivity index (χ2n) is 4.10. The number of nitrogens with zero attached hydrogens (tertiary/aromatic N) is 1. The highest BCUT2D eigenvalue weighted by molar-refractivity contribution is 9.10. The van der Waals surface area contributed by atoms with Gasteiger partial charge in [0.1, 0.15) is 10.4 Å². The molecule has 2 heterocycles. The monoisotopic (exact) mass is 294 g/mol. The summed E-state index contributed by atoms with van der Waals surface area (Å²) < 4.78 is 6.19. The number of pyridine rings is 1. The minimum atomic E-state index is 0.308. The molecule has 0 bridgehead atoms. The molecule has 2 rings (SSSR count). The lowest BCUT2D eigenvalue weighted by atomic mass is 10.2. The fourth-order valence-electron chi connectivity index (χ4n) is 1.73. The summed E-state index contributed by atoms with van der Waals surface area (Å²) in [5.41, 5.74) is 2.05. The van der Waals surface area contributed by atoms with Crippen molar-refractivity contribution >= 4 is 21.6 Å². The zero-order valence-corrected chi connectivity index (χ0v) is 11.5. The summed E-state index contributed by atoms with van der Waals surface area (Å²) in [6.45, 7) is 4.12. The number of hydrogen-bond donors (Lipinski definition) is 1. The van der Waals surface area contributed by atoms with Crippen molar-refractivity contribution in [2.75, 3.05) is 5.32 Å². The Kier molecular flexibility index (Phi) is 3.84. The first-order chi connectivity index (χ1) is 8.15. The van der Waals surface area contributed by atoms with Gasteiger partial charge in [-0.2, -0.15) is 0 Å². The summed E-state index contributed by atoms with van der Waals surface area (Å²) in [6.07, 6.45) is 2.57. The highest BCUT2D eigenvalue weighted by atomic mass is 79.9.